The summed E-state index contributed by atoms with van der Waals surface area (Å²) >= 11 is 0. The number of hydrogen-bond donors (Lipinski definition) is 2. The lowest BCUT2D eigenvalue weighted by Crippen LogP contribution is -2.12. The van der Waals surface area contributed by atoms with Gasteiger partial charge in [0.2, 0.25) is 5.95 Å². The van der Waals surface area contributed by atoms with E-state index in [0.29, 0.717) is 12.0 Å². The predicted molar refractivity (Wildman–Crippen MR) is 101 cm³/mol. The monoisotopic (exact) mass is 318 g/mol. The minimum Gasteiger partial charge on any atom is -0.368 e. The van der Waals surface area contributed by atoms with Crippen LogP contribution in [0.1, 0.15) is 19.4 Å². The zero-order valence-corrected chi connectivity index (χ0v) is 14.2. The van der Waals surface area contributed by atoms with Crippen LogP contribution in [0.25, 0.3) is 11.3 Å². The first-order chi connectivity index (χ1) is 11.6. The molecule has 0 atom stereocenters. The molecule has 1 heterocycles. The van der Waals surface area contributed by atoms with Crippen LogP contribution in [0.15, 0.2) is 60.7 Å². The molecule has 4 heteroatoms. The summed E-state index contributed by atoms with van der Waals surface area (Å²) in [6, 6.07) is 20.6. The van der Waals surface area contributed by atoms with Crippen molar-refractivity contribution < 1.29 is 0 Å². The van der Waals surface area contributed by atoms with Gasteiger partial charge in [-0.2, -0.15) is 4.98 Å². The van der Waals surface area contributed by atoms with Crippen LogP contribution in [-0.2, 0) is 0 Å². The zero-order chi connectivity index (χ0) is 16.9. The average molecular weight is 318 g/mol. The standard InChI is InChI=1S/C20H22N4/c1-14(2)21-19-13-18(16-9-5-4-6-10-16)23-20(24-19)22-17-11-7-8-15(3)12-17/h4-14H,1-3H3,(H2,21,22,23,24). The second-order valence-corrected chi connectivity index (χ2v) is 6.12. The first-order valence-corrected chi connectivity index (χ1v) is 8.15. The Balaban J connectivity index is 1.98. The molecule has 3 rings (SSSR count). The molecule has 0 aliphatic carbocycles. The molecular formula is C20H22N4. The molecule has 4 nitrogen and oxygen atoms in total. The lowest BCUT2D eigenvalue weighted by atomic mass is 10.1. The number of aromatic nitrogens is 2. The molecule has 0 spiro atoms. The molecule has 0 aliphatic heterocycles. The van der Waals surface area contributed by atoms with Crippen molar-refractivity contribution >= 4 is 17.5 Å². The van der Waals surface area contributed by atoms with Crippen molar-refractivity contribution in [2.75, 3.05) is 10.6 Å². The third-order valence-electron chi connectivity index (χ3n) is 3.51. The van der Waals surface area contributed by atoms with Gasteiger partial charge in [0.25, 0.3) is 0 Å². The van der Waals surface area contributed by atoms with E-state index in [1.165, 1.54) is 5.56 Å². The predicted octanol–water partition coefficient (Wildman–Crippen LogP) is 5.02. The van der Waals surface area contributed by atoms with Crippen molar-refractivity contribution in [1.82, 2.24) is 9.97 Å². The SMILES string of the molecule is Cc1cccc(Nc2nc(NC(C)C)cc(-c3ccccc3)n2)c1. The van der Waals surface area contributed by atoms with Gasteiger partial charge in [0.1, 0.15) is 5.82 Å². The van der Waals surface area contributed by atoms with Crippen molar-refractivity contribution in [3.05, 3.63) is 66.2 Å². The van der Waals surface area contributed by atoms with E-state index in [0.717, 1.165) is 22.8 Å². The fourth-order valence-corrected chi connectivity index (χ4v) is 2.48. The van der Waals surface area contributed by atoms with Crippen LogP contribution in [0.5, 0.6) is 0 Å². The minimum absolute atomic E-state index is 0.301. The Labute approximate surface area is 143 Å². The highest BCUT2D eigenvalue weighted by atomic mass is 15.1. The topological polar surface area (TPSA) is 49.8 Å². The third kappa shape index (κ3) is 4.10. The van der Waals surface area contributed by atoms with Gasteiger partial charge in [0.15, 0.2) is 0 Å². The van der Waals surface area contributed by atoms with Gasteiger partial charge < -0.3 is 10.6 Å². The number of aryl methyl sites for hydroxylation is 1. The molecule has 2 N–H and O–H groups in total. The maximum atomic E-state index is 4.67. The third-order valence-corrected chi connectivity index (χ3v) is 3.51. The molecule has 3 aromatic rings. The molecule has 0 amide bonds. The van der Waals surface area contributed by atoms with E-state index in [1.54, 1.807) is 0 Å². The van der Waals surface area contributed by atoms with Gasteiger partial charge in [-0.25, -0.2) is 4.98 Å². The number of nitrogens with zero attached hydrogens (tertiary/aromatic N) is 2. The van der Waals surface area contributed by atoms with Crippen LogP contribution >= 0.6 is 0 Å². The zero-order valence-electron chi connectivity index (χ0n) is 14.2. The van der Waals surface area contributed by atoms with Crippen molar-refractivity contribution in [2.24, 2.45) is 0 Å². The first-order valence-electron chi connectivity index (χ1n) is 8.15. The van der Waals surface area contributed by atoms with Crippen molar-refractivity contribution in [3.8, 4) is 11.3 Å². The average Bonchev–Trinajstić information content (AvgIpc) is 2.55. The maximum absolute atomic E-state index is 4.67. The van der Waals surface area contributed by atoms with Gasteiger partial charge in [-0.05, 0) is 38.5 Å². The van der Waals surface area contributed by atoms with Crippen molar-refractivity contribution in [1.29, 1.82) is 0 Å². The molecular weight excluding hydrogens is 296 g/mol. The Hall–Kier alpha value is -2.88. The molecule has 0 aliphatic rings. The van der Waals surface area contributed by atoms with Gasteiger partial charge in [-0.1, -0.05) is 42.5 Å². The van der Waals surface area contributed by atoms with E-state index < -0.39 is 0 Å². The van der Waals surface area contributed by atoms with Crippen LogP contribution in [0.4, 0.5) is 17.5 Å². The van der Waals surface area contributed by atoms with Crippen molar-refractivity contribution in [2.45, 2.75) is 26.8 Å². The van der Waals surface area contributed by atoms with Crippen LogP contribution in [-0.4, -0.2) is 16.0 Å². The van der Waals surface area contributed by atoms with Crippen LogP contribution < -0.4 is 10.6 Å². The molecule has 0 radical (unpaired) electrons. The minimum atomic E-state index is 0.301. The number of hydrogen-bond acceptors (Lipinski definition) is 4. The Morgan fingerprint density at radius 3 is 2.38 bits per heavy atom. The lowest BCUT2D eigenvalue weighted by Gasteiger charge is -2.13. The Bertz CT molecular complexity index is 813. The summed E-state index contributed by atoms with van der Waals surface area (Å²) in [5, 5.41) is 6.67. The fourth-order valence-electron chi connectivity index (χ4n) is 2.48. The van der Waals surface area contributed by atoms with E-state index in [2.05, 4.69) is 65.6 Å². The Morgan fingerprint density at radius 1 is 0.875 bits per heavy atom. The summed E-state index contributed by atoms with van der Waals surface area (Å²) in [7, 11) is 0. The maximum Gasteiger partial charge on any atom is 0.229 e. The van der Waals surface area contributed by atoms with E-state index in [-0.39, 0.29) is 0 Å². The van der Waals surface area contributed by atoms with E-state index in [1.807, 2.05) is 36.4 Å². The molecule has 0 bridgehead atoms. The highest BCUT2D eigenvalue weighted by Crippen LogP contribution is 2.23. The summed E-state index contributed by atoms with van der Waals surface area (Å²) in [4.78, 5) is 9.26. The van der Waals surface area contributed by atoms with Gasteiger partial charge in [-0.15, -0.1) is 0 Å². The largest absolute Gasteiger partial charge is 0.368 e. The summed E-state index contributed by atoms with van der Waals surface area (Å²) in [6.07, 6.45) is 0. The van der Waals surface area contributed by atoms with Crippen LogP contribution in [0, 0.1) is 6.92 Å². The quantitative estimate of drug-likeness (QED) is 0.694. The van der Waals surface area contributed by atoms with Gasteiger partial charge in [0.05, 0.1) is 5.69 Å². The van der Waals surface area contributed by atoms with Gasteiger partial charge in [-0.3, -0.25) is 0 Å². The number of benzene rings is 2. The Morgan fingerprint density at radius 2 is 1.67 bits per heavy atom. The highest BCUT2D eigenvalue weighted by Gasteiger charge is 2.08. The summed E-state index contributed by atoms with van der Waals surface area (Å²) < 4.78 is 0. The summed E-state index contributed by atoms with van der Waals surface area (Å²) in [6.45, 7) is 6.26. The highest BCUT2D eigenvalue weighted by molar-refractivity contribution is 5.66. The van der Waals surface area contributed by atoms with E-state index in [9.17, 15) is 0 Å². The van der Waals surface area contributed by atoms with Gasteiger partial charge >= 0.3 is 0 Å². The number of rotatable bonds is 5. The van der Waals surface area contributed by atoms with Crippen molar-refractivity contribution in [3.63, 3.8) is 0 Å². The molecule has 0 unspecified atom stereocenters. The normalized spacial score (nSPS) is 10.7. The number of nitrogens with one attached hydrogen (secondary N) is 2. The molecule has 0 saturated heterocycles. The van der Waals surface area contributed by atoms with Gasteiger partial charge in [0, 0.05) is 23.4 Å². The molecule has 2 aromatic carbocycles. The van der Waals surface area contributed by atoms with E-state index >= 15 is 0 Å². The smallest absolute Gasteiger partial charge is 0.229 e. The lowest BCUT2D eigenvalue weighted by molar-refractivity contribution is 0.887. The summed E-state index contributed by atoms with van der Waals surface area (Å²) in [5.41, 5.74) is 4.14. The second-order valence-electron chi connectivity index (χ2n) is 6.12. The van der Waals surface area contributed by atoms with E-state index in [4.69, 9.17) is 0 Å². The van der Waals surface area contributed by atoms with Crippen LogP contribution in [0.2, 0.25) is 0 Å². The van der Waals surface area contributed by atoms with Crippen LogP contribution in [0.3, 0.4) is 0 Å². The second kappa shape index (κ2) is 7.13. The molecule has 1 aromatic heterocycles. The molecule has 24 heavy (non-hydrogen) atoms. The Kier molecular flexibility index (Phi) is 4.75. The first kappa shape index (κ1) is 16.0. The molecule has 122 valence electrons. The summed E-state index contributed by atoms with van der Waals surface area (Å²) in [5.74, 6) is 1.40. The number of anilines is 3. The molecule has 0 saturated carbocycles. The fraction of sp³-hybridized carbons (Fsp3) is 0.200. The molecule has 0 fully saturated rings.